The summed E-state index contributed by atoms with van der Waals surface area (Å²) in [6.07, 6.45) is 2.80. The smallest absolute Gasteiger partial charge is 0.275 e. The minimum Gasteiger partial charge on any atom is -0.397 e. The summed E-state index contributed by atoms with van der Waals surface area (Å²) in [6, 6.07) is 13.2. The lowest BCUT2D eigenvalue weighted by molar-refractivity contribution is 0.102. The van der Waals surface area contributed by atoms with Gasteiger partial charge in [-0.15, -0.1) is 0 Å². The summed E-state index contributed by atoms with van der Waals surface area (Å²) in [4.78, 5) is 20.4. The van der Waals surface area contributed by atoms with Gasteiger partial charge >= 0.3 is 0 Å². The van der Waals surface area contributed by atoms with Crippen molar-refractivity contribution >= 4 is 28.8 Å². The molecule has 120 valence electrons. The van der Waals surface area contributed by atoms with Crippen LogP contribution in [0.1, 0.15) is 10.5 Å². The highest BCUT2D eigenvalue weighted by Crippen LogP contribution is 2.20. The number of benzene rings is 2. The first-order valence-corrected chi connectivity index (χ1v) is 7.12. The van der Waals surface area contributed by atoms with Crippen LogP contribution in [0, 0.1) is 5.82 Å². The topological polar surface area (TPSA) is 92.9 Å². The van der Waals surface area contributed by atoms with E-state index in [1.165, 1.54) is 24.5 Å². The molecule has 6 nitrogen and oxygen atoms in total. The Hall–Kier alpha value is -3.48. The Morgan fingerprint density at radius 2 is 1.83 bits per heavy atom. The van der Waals surface area contributed by atoms with Crippen LogP contribution in [0.2, 0.25) is 0 Å². The van der Waals surface area contributed by atoms with E-state index in [2.05, 4.69) is 20.6 Å². The SMILES string of the molecule is Nc1cc(F)ccc1NC(=O)c1cnc(Nc2ccccc2)cn1. The zero-order valence-corrected chi connectivity index (χ0v) is 12.5. The molecule has 0 bridgehead atoms. The second-order valence-electron chi connectivity index (χ2n) is 4.96. The number of carbonyl (C=O) groups excluding carboxylic acids is 1. The zero-order chi connectivity index (χ0) is 16.9. The average molecular weight is 323 g/mol. The third-order valence-electron chi connectivity index (χ3n) is 3.19. The molecule has 3 aromatic rings. The third kappa shape index (κ3) is 3.64. The van der Waals surface area contributed by atoms with Gasteiger partial charge in [0.1, 0.15) is 17.3 Å². The van der Waals surface area contributed by atoms with Gasteiger partial charge < -0.3 is 16.4 Å². The first kappa shape index (κ1) is 15.4. The highest BCUT2D eigenvalue weighted by atomic mass is 19.1. The summed E-state index contributed by atoms with van der Waals surface area (Å²) < 4.78 is 13.0. The molecule has 0 saturated heterocycles. The number of nitrogens with one attached hydrogen (secondary N) is 2. The van der Waals surface area contributed by atoms with Crippen molar-refractivity contribution < 1.29 is 9.18 Å². The van der Waals surface area contributed by atoms with Crippen molar-refractivity contribution in [3.05, 3.63) is 72.4 Å². The predicted octanol–water partition coefficient (Wildman–Crippen LogP) is 3.19. The van der Waals surface area contributed by atoms with E-state index in [1.54, 1.807) is 0 Å². The number of hydrogen-bond donors (Lipinski definition) is 3. The predicted molar refractivity (Wildman–Crippen MR) is 90.5 cm³/mol. The number of para-hydroxylation sites is 1. The van der Waals surface area contributed by atoms with Gasteiger partial charge in [-0.3, -0.25) is 4.79 Å². The summed E-state index contributed by atoms with van der Waals surface area (Å²) >= 11 is 0. The molecule has 0 aliphatic carbocycles. The van der Waals surface area contributed by atoms with E-state index < -0.39 is 11.7 Å². The fourth-order valence-corrected chi connectivity index (χ4v) is 2.01. The summed E-state index contributed by atoms with van der Waals surface area (Å²) in [5.41, 5.74) is 7.10. The minimum absolute atomic E-state index is 0.123. The molecule has 0 saturated carbocycles. The van der Waals surface area contributed by atoms with E-state index in [-0.39, 0.29) is 11.4 Å². The monoisotopic (exact) mass is 323 g/mol. The van der Waals surface area contributed by atoms with Gasteiger partial charge in [-0.05, 0) is 30.3 Å². The van der Waals surface area contributed by atoms with Crippen LogP contribution in [-0.4, -0.2) is 15.9 Å². The van der Waals surface area contributed by atoms with Crippen LogP contribution in [0.25, 0.3) is 0 Å². The molecule has 2 aromatic carbocycles. The number of halogens is 1. The molecule has 1 heterocycles. The quantitative estimate of drug-likeness (QED) is 0.641. The lowest BCUT2D eigenvalue weighted by atomic mass is 10.2. The second-order valence-corrected chi connectivity index (χ2v) is 4.96. The zero-order valence-electron chi connectivity index (χ0n) is 12.5. The van der Waals surface area contributed by atoms with Crippen LogP contribution >= 0.6 is 0 Å². The molecule has 0 spiro atoms. The number of nitrogens with two attached hydrogens (primary N) is 1. The molecule has 0 atom stereocenters. The summed E-state index contributed by atoms with van der Waals surface area (Å²) in [6.45, 7) is 0. The Balaban J connectivity index is 1.69. The number of anilines is 4. The van der Waals surface area contributed by atoms with Crippen molar-refractivity contribution in [3.63, 3.8) is 0 Å². The molecule has 0 fully saturated rings. The molecule has 0 radical (unpaired) electrons. The van der Waals surface area contributed by atoms with E-state index >= 15 is 0 Å². The summed E-state index contributed by atoms with van der Waals surface area (Å²) in [5, 5.41) is 5.64. The van der Waals surface area contributed by atoms with Gasteiger partial charge in [0.2, 0.25) is 0 Å². The van der Waals surface area contributed by atoms with E-state index in [1.807, 2.05) is 30.3 Å². The first-order valence-electron chi connectivity index (χ1n) is 7.12. The number of amides is 1. The molecule has 1 aromatic heterocycles. The molecule has 1 amide bonds. The Morgan fingerprint density at radius 3 is 2.50 bits per heavy atom. The van der Waals surface area contributed by atoms with Crippen LogP contribution in [0.3, 0.4) is 0 Å². The van der Waals surface area contributed by atoms with Crippen molar-refractivity contribution in [1.82, 2.24) is 9.97 Å². The van der Waals surface area contributed by atoms with E-state index in [0.29, 0.717) is 11.5 Å². The van der Waals surface area contributed by atoms with Crippen LogP contribution in [-0.2, 0) is 0 Å². The van der Waals surface area contributed by atoms with Crippen LogP contribution in [0.15, 0.2) is 60.9 Å². The standard InChI is InChI=1S/C17H14FN5O/c18-11-6-7-14(13(19)8-11)23-17(24)15-9-21-16(10-20-15)22-12-4-2-1-3-5-12/h1-10H,19H2,(H,21,22)(H,23,24). The minimum atomic E-state index is -0.480. The Morgan fingerprint density at radius 1 is 1.04 bits per heavy atom. The maximum atomic E-state index is 13.0. The lowest BCUT2D eigenvalue weighted by Gasteiger charge is -2.08. The Labute approximate surface area is 137 Å². The normalized spacial score (nSPS) is 10.2. The van der Waals surface area contributed by atoms with Gasteiger partial charge in [-0.2, -0.15) is 0 Å². The molecule has 0 aliphatic rings. The highest BCUT2D eigenvalue weighted by Gasteiger charge is 2.10. The van der Waals surface area contributed by atoms with Gasteiger partial charge in [0.05, 0.1) is 23.8 Å². The molecule has 7 heteroatoms. The lowest BCUT2D eigenvalue weighted by Crippen LogP contribution is -2.15. The molecule has 3 rings (SSSR count). The molecule has 4 N–H and O–H groups in total. The van der Waals surface area contributed by atoms with Gasteiger partial charge in [0, 0.05) is 5.69 Å². The Bertz CT molecular complexity index is 853. The van der Waals surface area contributed by atoms with Gasteiger partial charge in [-0.1, -0.05) is 18.2 Å². The summed E-state index contributed by atoms with van der Waals surface area (Å²) in [7, 11) is 0. The number of nitrogens with zero attached hydrogens (tertiary/aromatic N) is 2. The molecule has 0 unspecified atom stereocenters. The van der Waals surface area contributed by atoms with Crippen molar-refractivity contribution in [2.45, 2.75) is 0 Å². The third-order valence-corrected chi connectivity index (χ3v) is 3.19. The van der Waals surface area contributed by atoms with Crippen molar-refractivity contribution in [1.29, 1.82) is 0 Å². The largest absolute Gasteiger partial charge is 0.397 e. The van der Waals surface area contributed by atoms with Crippen molar-refractivity contribution in [2.75, 3.05) is 16.4 Å². The summed E-state index contributed by atoms with van der Waals surface area (Å²) in [5.74, 6) is -0.437. The number of nitrogen functional groups attached to an aromatic ring is 1. The van der Waals surface area contributed by atoms with Gasteiger partial charge in [0.15, 0.2) is 0 Å². The number of aromatic nitrogens is 2. The van der Waals surface area contributed by atoms with E-state index in [9.17, 15) is 9.18 Å². The first-order chi connectivity index (χ1) is 11.6. The van der Waals surface area contributed by atoms with E-state index in [4.69, 9.17) is 5.73 Å². The fourth-order valence-electron chi connectivity index (χ4n) is 2.01. The number of carbonyl (C=O) groups is 1. The number of rotatable bonds is 4. The van der Waals surface area contributed by atoms with Crippen molar-refractivity contribution in [3.8, 4) is 0 Å². The maximum Gasteiger partial charge on any atom is 0.275 e. The number of hydrogen-bond acceptors (Lipinski definition) is 5. The molecular weight excluding hydrogens is 309 g/mol. The highest BCUT2D eigenvalue weighted by molar-refractivity contribution is 6.04. The van der Waals surface area contributed by atoms with Gasteiger partial charge in [0.25, 0.3) is 5.91 Å². The maximum absolute atomic E-state index is 13.0. The van der Waals surface area contributed by atoms with Crippen LogP contribution in [0.5, 0.6) is 0 Å². The fraction of sp³-hybridized carbons (Fsp3) is 0. The molecule has 0 aliphatic heterocycles. The van der Waals surface area contributed by atoms with Crippen molar-refractivity contribution in [2.24, 2.45) is 0 Å². The molecule has 24 heavy (non-hydrogen) atoms. The van der Waals surface area contributed by atoms with Crippen LogP contribution in [0.4, 0.5) is 27.3 Å². The van der Waals surface area contributed by atoms with E-state index in [0.717, 1.165) is 11.8 Å². The second kappa shape index (κ2) is 6.74. The Kier molecular flexibility index (Phi) is 4.33. The molecular formula is C17H14FN5O. The van der Waals surface area contributed by atoms with Crippen LogP contribution < -0.4 is 16.4 Å². The van der Waals surface area contributed by atoms with Gasteiger partial charge in [-0.25, -0.2) is 14.4 Å². The average Bonchev–Trinajstić information content (AvgIpc) is 2.59.